The zero-order chi connectivity index (χ0) is 22.6. The van der Waals surface area contributed by atoms with E-state index in [1.54, 1.807) is 18.4 Å². The van der Waals surface area contributed by atoms with E-state index in [2.05, 4.69) is 16.0 Å². The molecule has 1 N–H and O–H groups in total. The molecule has 3 heterocycles. The van der Waals surface area contributed by atoms with E-state index in [9.17, 15) is 9.50 Å². The van der Waals surface area contributed by atoms with E-state index >= 15 is 0 Å². The number of aliphatic hydroxyl groups is 1. The van der Waals surface area contributed by atoms with E-state index in [-0.39, 0.29) is 17.8 Å². The highest BCUT2D eigenvalue weighted by molar-refractivity contribution is 5.81. The second-order valence-corrected chi connectivity index (χ2v) is 9.95. The van der Waals surface area contributed by atoms with Crippen molar-refractivity contribution in [2.45, 2.75) is 69.3 Å². The standard InChI is InChI=1S/C28H35FN2O2/c29-25-10-9-22(28-23(25)14-19-33-28)20-11-16-31(17-12-20)18-13-24(26-8-4-5-15-30-26)27(32)21-6-2-1-3-7-21/h4-5,8-10,14-15,19-21,24,27,32H,1-3,6-7,11-13,16-18H2. The lowest BCUT2D eigenvalue weighted by molar-refractivity contribution is 0.0515. The molecule has 2 fully saturated rings. The first-order valence-corrected chi connectivity index (χ1v) is 12.7. The summed E-state index contributed by atoms with van der Waals surface area (Å²) in [6.45, 7) is 2.99. The molecule has 1 aliphatic carbocycles. The monoisotopic (exact) mass is 450 g/mol. The van der Waals surface area contributed by atoms with E-state index in [1.807, 2.05) is 24.4 Å². The van der Waals surface area contributed by atoms with Crippen LogP contribution in [-0.2, 0) is 0 Å². The Morgan fingerprint density at radius 3 is 2.61 bits per heavy atom. The summed E-state index contributed by atoms with van der Waals surface area (Å²) in [5.41, 5.74) is 2.87. The van der Waals surface area contributed by atoms with Gasteiger partial charge in [-0.15, -0.1) is 0 Å². The summed E-state index contributed by atoms with van der Waals surface area (Å²) in [4.78, 5) is 7.14. The Bertz CT molecular complexity index is 1020. The van der Waals surface area contributed by atoms with Gasteiger partial charge in [-0.3, -0.25) is 4.98 Å². The average Bonchev–Trinajstić information content (AvgIpc) is 3.37. The average molecular weight is 451 g/mol. The fraction of sp³-hybridized carbons (Fsp3) is 0.536. The molecule has 0 bridgehead atoms. The molecule has 1 aromatic carbocycles. The summed E-state index contributed by atoms with van der Waals surface area (Å²) in [6.07, 6.45) is 12.2. The van der Waals surface area contributed by atoms with Crippen molar-refractivity contribution in [2.75, 3.05) is 19.6 Å². The Morgan fingerprint density at radius 2 is 1.85 bits per heavy atom. The second-order valence-electron chi connectivity index (χ2n) is 9.95. The number of benzene rings is 1. The predicted octanol–water partition coefficient (Wildman–Crippen LogP) is 6.26. The summed E-state index contributed by atoms with van der Waals surface area (Å²) >= 11 is 0. The van der Waals surface area contributed by atoms with Crippen LogP contribution in [-0.4, -0.2) is 40.7 Å². The van der Waals surface area contributed by atoms with Gasteiger partial charge in [0.25, 0.3) is 0 Å². The molecule has 176 valence electrons. The van der Waals surface area contributed by atoms with Crippen LogP contribution in [0, 0.1) is 11.7 Å². The van der Waals surface area contributed by atoms with Gasteiger partial charge in [0.2, 0.25) is 0 Å². The van der Waals surface area contributed by atoms with E-state index in [0.717, 1.165) is 63.0 Å². The van der Waals surface area contributed by atoms with Gasteiger partial charge in [-0.05, 0) is 93.4 Å². The highest BCUT2D eigenvalue weighted by Gasteiger charge is 2.31. The molecule has 2 atom stereocenters. The molecule has 2 unspecified atom stereocenters. The summed E-state index contributed by atoms with van der Waals surface area (Å²) in [5.74, 6) is 0.671. The number of halogens is 1. The molecule has 33 heavy (non-hydrogen) atoms. The Hall–Kier alpha value is -2.24. The third-order valence-corrected chi connectivity index (χ3v) is 7.99. The van der Waals surface area contributed by atoms with Crippen molar-refractivity contribution < 1.29 is 13.9 Å². The van der Waals surface area contributed by atoms with Crippen molar-refractivity contribution in [1.29, 1.82) is 0 Å². The third-order valence-electron chi connectivity index (χ3n) is 7.99. The van der Waals surface area contributed by atoms with Gasteiger partial charge < -0.3 is 14.4 Å². The zero-order valence-corrected chi connectivity index (χ0v) is 19.3. The topological polar surface area (TPSA) is 49.5 Å². The Labute approximate surface area is 195 Å². The van der Waals surface area contributed by atoms with Gasteiger partial charge in [-0.25, -0.2) is 4.39 Å². The molecule has 0 spiro atoms. The van der Waals surface area contributed by atoms with Crippen LogP contribution in [0.2, 0.25) is 0 Å². The molecule has 0 radical (unpaired) electrons. The minimum atomic E-state index is -0.316. The Kier molecular flexibility index (Phi) is 7.07. The number of hydrogen-bond donors (Lipinski definition) is 1. The van der Waals surface area contributed by atoms with Gasteiger partial charge >= 0.3 is 0 Å². The van der Waals surface area contributed by atoms with Crippen molar-refractivity contribution in [3.05, 3.63) is 65.9 Å². The number of nitrogens with zero attached hydrogens (tertiary/aromatic N) is 2. The van der Waals surface area contributed by atoms with Crippen LogP contribution in [0.25, 0.3) is 11.0 Å². The second kappa shape index (κ2) is 10.4. The highest BCUT2D eigenvalue weighted by Crippen LogP contribution is 2.37. The SMILES string of the molecule is OC(C1CCCCC1)C(CCN1CCC(c2ccc(F)c3ccoc23)CC1)c1ccccn1. The van der Waals surface area contributed by atoms with Gasteiger partial charge in [0.05, 0.1) is 17.8 Å². The molecular weight excluding hydrogens is 415 g/mol. The Morgan fingerprint density at radius 1 is 1.03 bits per heavy atom. The predicted molar refractivity (Wildman–Crippen MR) is 129 cm³/mol. The molecule has 1 aliphatic heterocycles. The lowest BCUT2D eigenvalue weighted by Crippen LogP contribution is -2.37. The van der Waals surface area contributed by atoms with Crippen molar-refractivity contribution in [3.8, 4) is 0 Å². The van der Waals surface area contributed by atoms with Crippen LogP contribution in [0.15, 0.2) is 53.3 Å². The van der Waals surface area contributed by atoms with Crippen molar-refractivity contribution in [3.63, 3.8) is 0 Å². The van der Waals surface area contributed by atoms with Gasteiger partial charge in [0.15, 0.2) is 0 Å². The van der Waals surface area contributed by atoms with Crippen LogP contribution in [0.4, 0.5) is 4.39 Å². The third kappa shape index (κ3) is 4.99. The Balaban J connectivity index is 1.21. The summed E-state index contributed by atoms with van der Waals surface area (Å²) < 4.78 is 19.7. The number of aliphatic hydroxyl groups excluding tert-OH is 1. The minimum Gasteiger partial charge on any atom is -0.464 e. The van der Waals surface area contributed by atoms with Crippen molar-refractivity contribution in [1.82, 2.24) is 9.88 Å². The summed E-state index contributed by atoms with van der Waals surface area (Å²) in [6, 6.07) is 11.3. The molecule has 2 aromatic heterocycles. The van der Waals surface area contributed by atoms with Crippen LogP contribution in [0.3, 0.4) is 0 Å². The molecule has 1 saturated carbocycles. The van der Waals surface area contributed by atoms with Crippen molar-refractivity contribution in [2.24, 2.45) is 5.92 Å². The van der Waals surface area contributed by atoms with Crippen molar-refractivity contribution >= 4 is 11.0 Å². The van der Waals surface area contributed by atoms with Crippen LogP contribution in [0.5, 0.6) is 0 Å². The quantitative estimate of drug-likeness (QED) is 0.461. The first kappa shape index (κ1) is 22.5. The lowest BCUT2D eigenvalue weighted by Gasteiger charge is -2.35. The number of likely N-dealkylation sites (tertiary alicyclic amines) is 1. The molecule has 3 aromatic rings. The fourth-order valence-corrected chi connectivity index (χ4v) is 6.05. The number of pyridine rings is 1. The first-order valence-electron chi connectivity index (χ1n) is 12.7. The molecule has 1 saturated heterocycles. The van der Waals surface area contributed by atoms with Crippen LogP contribution in [0.1, 0.15) is 74.5 Å². The molecule has 0 amide bonds. The molecule has 4 nitrogen and oxygen atoms in total. The number of piperidine rings is 1. The maximum atomic E-state index is 14.1. The maximum absolute atomic E-state index is 14.1. The van der Waals surface area contributed by atoms with E-state index in [4.69, 9.17) is 4.42 Å². The number of aromatic nitrogens is 1. The fourth-order valence-electron chi connectivity index (χ4n) is 6.05. The van der Waals surface area contributed by atoms with Gasteiger partial charge in [0.1, 0.15) is 11.4 Å². The smallest absolute Gasteiger partial charge is 0.140 e. The number of hydrogen-bond acceptors (Lipinski definition) is 4. The van der Waals surface area contributed by atoms with Gasteiger partial charge in [-0.1, -0.05) is 31.4 Å². The number of rotatable bonds is 7. The minimum absolute atomic E-state index is 0.0897. The number of fused-ring (bicyclic) bond motifs is 1. The largest absolute Gasteiger partial charge is 0.464 e. The molecule has 5 rings (SSSR count). The zero-order valence-electron chi connectivity index (χ0n) is 19.3. The first-order chi connectivity index (χ1) is 16.2. The number of furan rings is 1. The van der Waals surface area contributed by atoms with Crippen LogP contribution >= 0.6 is 0 Å². The normalized spacial score (nSPS) is 20.8. The highest BCUT2D eigenvalue weighted by atomic mass is 19.1. The van der Waals surface area contributed by atoms with Gasteiger partial charge in [-0.2, -0.15) is 0 Å². The van der Waals surface area contributed by atoms with E-state index < -0.39 is 0 Å². The molecule has 2 aliphatic rings. The van der Waals surface area contributed by atoms with Gasteiger partial charge in [0, 0.05) is 17.8 Å². The maximum Gasteiger partial charge on any atom is 0.140 e. The lowest BCUT2D eigenvalue weighted by atomic mass is 9.78. The van der Waals surface area contributed by atoms with Crippen LogP contribution < -0.4 is 0 Å². The molecule has 5 heteroatoms. The summed E-state index contributed by atoms with van der Waals surface area (Å²) in [7, 11) is 0. The van der Waals surface area contributed by atoms with E-state index in [0.29, 0.717) is 22.8 Å². The molecular formula is C28H35FN2O2. The van der Waals surface area contributed by atoms with E-state index in [1.165, 1.54) is 19.3 Å². The summed E-state index contributed by atoms with van der Waals surface area (Å²) in [5, 5.41) is 11.9.